The van der Waals surface area contributed by atoms with Crippen LogP contribution >= 0.6 is 0 Å². The maximum Gasteiger partial charge on any atom is 0.436 e. The highest BCUT2D eigenvalue weighted by Gasteiger charge is 2.65. The van der Waals surface area contributed by atoms with Crippen molar-refractivity contribution >= 4 is 18.1 Å². The lowest BCUT2D eigenvalue weighted by Gasteiger charge is -2.54. The average molecular weight is 322 g/mol. The van der Waals surface area contributed by atoms with Gasteiger partial charge in [-0.1, -0.05) is 19.1 Å². The summed E-state index contributed by atoms with van der Waals surface area (Å²) in [5, 5.41) is 1.60. The third-order valence-electron chi connectivity index (χ3n) is 3.86. The number of amides is 3. The number of benzene rings is 1. The van der Waals surface area contributed by atoms with Gasteiger partial charge in [0.25, 0.3) is 5.91 Å². The Morgan fingerprint density at radius 2 is 1.78 bits per heavy atom. The second kappa shape index (κ2) is 6.15. The molecular formula is C15H18N2O6. The van der Waals surface area contributed by atoms with Crippen molar-refractivity contribution in [1.29, 1.82) is 0 Å². The highest BCUT2D eigenvalue weighted by atomic mass is 16.6. The van der Waals surface area contributed by atoms with Crippen LogP contribution < -0.4 is 4.74 Å². The summed E-state index contributed by atoms with van der Waals surface area (Å²) in [5.41, 5.74) is -0.814. The summed E-state index contributed by atoms with van der Waals surface area (Å²) in [4.78, 5) is 36.6. The van der Waals surface area contributed by atoms with Crippen molar-refractivity contribution in [2.45, 2.75) is 18.9 Å². The van der Waals surface area contributed by atoms with Gasteiger partial charge in [0.15, 0.2) is 5.54 Å². The van der Waals surface area contributed by atoms with Crippen LogP contribution in [-0.2, 0) is 19.8 Å². The number of nitrogens with zero attached hydrogens (tertiary/aromatic N) is 2. The summed E-state index contributed by atoms with van der Waals surface area (Å²) in [5.74, 6) is -0.0324. The molecule has 1 aromatic carbocycles. The van der Waals surface area contributed by atoms with Gasteiger partial charge in [0.05, 0.1) is 21.3 Å². The van der Waals surface area contributed by atoms with Gasteiger partial charge < -0.3 is 14.2 Å². The molecule has 0 aliphatic carbocycles. The number of methoxy groups -OCH3 is 3. The molecule has 124 valence electrons. The van der Waals surface area contributed by atoms with E-state index in [1.807, 2.05) is 0 Å². The fraction of sp³-hybridized carbons (Fsp3) is 0.400. The second-order valence-electron chi connectivity index (χ2n) is 4.81. The topological polar surface area (TPSA) is 85.4 Å². The van der Waals surface area contributed by atoms with Crippen LogP contribution in [0, 0.1) is 0 Å². The summed E-state index contributed by atoms with van der Waals surface area (Å²) < 4.78 is 14.4. The van der Waals surface area contributed by atoms with Gasteiger partial charge in [-0.3, -0.25) is 4.79 Å². The minimum absolute atomic E-state index is 0.252. The van der Waals surface area contributed by atoms with Crippen molar-refractivity contribution in [3.05, 3.63) is 29.8 Å². The minimum Gasteiger partial charge on any atom is -0.497 e. The second-order valence-corrected chi connectivity index (χ2v) is 4.81. The lowest BCUT2D eigenvalue weighted by atomic mass is 9.81. The maximum atomic E-state index is 12.7. The average Bonchev–Trinajstić information content (AvgIpc) is 2.59. The molecule has 23 heavy (non-hydrogen) atoms. The molecule has 1 aliphatic heterocycles. The van der Waals surface area contributed by atoms with Crippen LogP contribution in [0.2, 0.25) is 0 Å². The molecule has 3 amide bonds. The van der Waals surface area contributed by atoms with E-state index in [4.69, 9.17) is 9.47 Å². The highest BCUT2D eigenvalue weighted by Crippen LogP contribution is 2.45. The van der Waals surface area contributed by atoms with Gasteiger partial charge in [0.2, 0.25) is 0 Å². The molecule has 0 unspecified atom stereocenters. The monoisotopic (exact) mass is 322 g/mol. The van der Waals surface area contributed by atoms with Crippen LogP contribution in [-0.4, -0.2) is 49.4 Å². The molecular weight excluding hydrogens is 304 g/mol. The Bertz CT molecular complexity index is 647. The third-order valence-corrected chi connectivity index (χ3v) is 3.86. The molecule has 2 rings (SSSR count). The van der Waals surface area contributed by atoms with Crippen molar-refractivity contribution in [3.8, 4) is 5.75 Å². The Balaban J connectivity index is 2.56. The Hall–Kier alpha value is -2.77. The van der Waals surface area contributed by atoms with Crippen LogP contribution in [0.25, 0.3) is 0 Å². The first-order valence-electron chi connectivity index (χ1n) is 6.93. The first-order chi connectivity index (χ1) is 11.0. The first-order valence-corrected chi connectivity index (χ1v) is 6.93. The molecule has 0 N–H and O–H groups in total. The lowest BCUT2D eigenvalue weighted by Crippen LogP contribution is -2.77. The van der Waals surface area contributed by atoms with E-state index in [0.717, 1.165) is 12.1 Å². The number of hydrogen-bond donors (Lipinski definition) is 0. The van der Waals surface area contributed by atoms with Crippen molar-refractivity contribution < 1.29 is 28.6 Å². The van der Waals surface area contributed by atoms with Gasteiger partial charge in [-0.05, 0) is 24.1 Å². The summed E-state index contributed by atoms with van der Waals surface area (Å²) in [7, 11) is 3.80. The smallest absolute Gasteiger partial charge is 0.436 e. The highest BCUT2D eigenvalue weighted by molar-refractivity contribution is 6.06. The number of hydrazine groups is 1. The van der Waals surface area contributed by atoms with E-state index in [1.165, 1.54) is 14.2 Å². The number of carbonyl (C=O) groups excluding carboxylic acids is 3. The fourth-order valence-corrected chi connectivity index (χ4v) is 2.69. The zero-order valence-corrected chi connectivity index (χ0v) is 13.4. The van der Waals surface area contributed by atoms with Crippen LogP contribution in [0.3, 0.4) is 0 Å². The van der Waals surface area contributed by atoms with Gasteiger partial charge in [-0.2, -0.15) is 5.01 Å². The summed E-state index contributed by atoms with van der Waals surface area (Å²) >= 11 is 0. The molecule has 1 aromatic rings. The Morgan fingerprint density at radius 3 is 2.30 bits per heavy atom. The van der Waals surface area contributed by atoms with Crippen molar-refractivity contribution in [3.63, 3.8) is 0 Å². The number of rotatable bonds is 3. The number of ether oxygens (including phenoxy) is 3. The molecule has 1 fully saturated rings. The van der Waals surface area contributed by atoms with Gasteiger partial charge in [0, 0.05) is 0 Å². The SMILES string of the molecule is CC[C@@]1(c2cccc(OC)c2)C(=O)N(C(=O)OC)N1C(=O)OC. The fourth-order valence-electron chi connectivity index (χ4n) is 2.69. The molecule has 0 radical (unpaired) electrons. The molecule has 0 bridgehead atoms. The lowest BCUT2D eigenvalue weighted by molar-refractivity contribution is -0.201. The predicted octanol–water partition coefficient (Wildman–Crippen LogP) is 1.89. The number of carbonyl (C=O) groups is 3. The molecule has 0 saturated carbocycles. The van der Waals surface area contributed by atoms with E-state index in [9.17, 15) is 14.4 Å². The molecule has 1 atom stereocenters. The van der Waals surface area contributed by atoms with Crippen molar-refractivity contribution in [2.75, 3.05) is 21.3 Å². The van der Waals surface area contributed by atoms with Crippen molar-refractivity contribution in [2.24, 2.45) is 0 Å². The summed E-state index contributed by atoms with van der Waals surface area (Å²) in [6.07, 6.45) is -1.53. The van der Waals surface area contributed by atoms with E-state index in [1.54, 1.807) is 31.2 Å². The van der Waals surface area contributed by atoms with Crippen LogP contribution in [0.5, 0.6) is 5.75 Å². The Morgan fingerprint density at radius 1 is 1.13 bits per heavy atom. The van der Waals surface area contributed by atoms with Gasteiger partial charge in [0.1, 0.15) is 5.75 Å². The third kappa shape index (κ3) is 2.26. The normalized spacial score (nSPS) is 19.9. The van der Waals surface area contributed by atoms with Crippen molar-refractivity contribution in [1.82, 2.24) is 10.0 Å². The summed E-state index contributed by atoms with van der Waals surface area (Å²) in [6, 6.07) is 6.76. The molecule has 0 aromatic heterocycles. The molecule has 8 heteroatoms. The Kier molecular flexibility index (Phi) is 4.44. The zero-order valence-electron chi connectivity index (χ0n) is 13.4. The summed E-state index contributed by atoms with van der Waals surface area (Å²) in [6.45, 7) is 1.74. The Labute approximate surface area is 133 Å². The molecule has 1 saturated heterocycles. The molecule has 8 nitrogen and oxygen atoms in total. The van der Waals surface area contributed by atoms with Gasteiger partial charge >= 0.3 is 12.2 Å². The van der Waals surface area contributed by atoms with E-state index in [-0.39, 0.29) is 6.42 Å². The van der Waals surface area contributed by atoms with Crippen LogP contribution in [0.1, 0.15) is 18.9 Å². The zero-order chi connectivity index (χ0) is 17.2. The maximum absolute atomic E-state index is 12.7. The molecule has 1 aliphatic rings. The van der Waals surface area contributed by atoms with E-state index in [0.29, 0.717) is 16.3 Å². The first kappa shape index (κ1) is 16.6. The number of hydrogen-bond acceptors (Lipinski definition) is 6. The van der Waals surface area contributed by atoms with E-state index >= 15 is 0 Å². The van der Waals surface area contributed by atoms with Gasteiger partial charge in [-0.25, -0.2) is 9.59 Å². The molecule has 0 spiro atoms. The van der Waals surface area contributed by atoms with Crippen LogP contribution in [0.4, 0.5) is 9.59 Å². The van der Waals surface area contributed by atoms with E-state index < -0.39 is 23.6 Å². The molecule has 1 heterocycles. The standard InChI is InChI=1S/C15H18N2O6/c1-5-15(10-7-6-8-11(9-10)21-2)12(18)16(13(19)22-3)17(15)14(20)23-4/h6-9H,5H2,1-4H3/t15-/m1/s1. The minimum atomic E-state index is -1.34. The van der Waals surface area contributed by atoms with E-state index in [2.05, 4.69) is 4.74 Å². The number of imide groups is 1. The predicted molar refractivity (Wildman–Crippen MR) is 78.5 cm³/mol. The van der Waals surface area contributed by atoms with Crippen LogP contribution in [0.15, 0.2) is 24.3 Å². The largest absolute Gasteiger partial charge is 0.497 e. The quantitative estimate of drug-likeness (QED) is 0.845. The van der Waals surface area contributed by atoms with Gasteiger partial charge in [-0.15, -0.1) is 5.01 Å².